The van der Waals surface area contributed by atoms with Crippen molar-refractivity contribution in [3.05, 3.63) is 30.4 Å². The number of halogens is 3. The molecule has 0 aromatic carbocycles. The van der Waals surface area contributed by atoms with E-state index in [1.54, 1.807) is 12.1 Å². The number of alkyl halides is 3. The van der Waals surface area contributed by atoms with E-state index >= 15 is 0 Å². The van der Waals surface area contributed by atoms with Crippen LogP contribution in [0.25, 0.3) is 5.57 Å². The second-order valence-electron chi connectivity index (χ2n) is 3.77. The highest BCUT2D eigenvalue weighted by Gasteiger charge is 2.39. The molecule has 1 unspecified atom stereocenters. The van der Waals surface area contributed by atoms with Gasteiger partial charge in [0.1, 0.15) is 6.33 Å². The Morgan fingerprint density at radius 2 is 2.19 bits per heavy atom. The first kappa shape index (κ1) is 11.1. The second kappa shape index (κ2) is 4.23. The minimum atomic E-state index is -4.08. The zero-order valence-corrected chi connectivity index (χ0v) is 8.46. The molecule has 16 heavy (non-hydrogen) atoms. The molecule has 1 atom stereocenters. The van der Waals surface area contributed by atoms with Gasteiger partial charge in [-0.15, -0.1) is 0 Å². The lowest BCUT2D eigenvalue weighted by atomic mass is 9.88. The smallest absolute Gasteiger partial charge is 0.237 e. The molecule has 5 heteroatoms. The van der Waals surface area contributed by atoms with Gasteiger partial charge in [0, 0.05) is 0 Å². The van der Waals surface area contributed by atoms with Crippen LogP contribution in [0.2, 0.25) is 0 Å². The molecular weight excluding hydrogens is 217 g/mol. The van der Waals surface area contributed by atoms with Gasteiger partial charge < -0.3 is 0 Å². The standard InChI is InChI=1S/C11H10F3N2/c12-11(13,14)9-3-1-8(2-4-9)10-5-6-15-7-16-10/h1,5,7,9H,2-4H2. The Hall–Kier alpha value is -1.39. The van der Waals surface area contributed by atoms with Gasteiger partial charge in [0.05, 0.1) is 17.8 Å². The number of rotatable bonds is 1. The molecule has 0 amide bonds. The molecule has 0 aliphatic heterocycles. The molecule has 0 saturated carbocycles. The Balaban J connectivity index is 2.10. The summed E-state index contributed by atoms with van der Waals surface area (Å²) in [5.41, 5.74) is 1.54. The molecule has 85 valence electrons. The number of hydrogen-bond acceptors (Lipinski definition) is 2. The summed E-state index contributed by atoms with van der Waals surface area (Å²) in [4.78, 5) is 7.65. The minimum absolute atomic E-state index is 0.0445. The first-order chi connectivity index (χ1) is 7.57. The number of hydrogen-bond donors (Lipinski definition) is 0. The van der Waals surface area contributed by atoms with Crippen LogP contribution in [0, 0.1) is 12.1 Å². The summed E-state index contributed by atoms with van der Waals surface area (Å²) >= 11 is 0. The maximum Gasteiger partial charge on any atom is 0.392 e. The van der Waals surface area contributed by atoms with Crippen LogP contribution in [-0.4, -0.2) is 16.1 Å². The molecule has 0 fully saturated rings. The van der Waals surface area contributed by atoms with Gasteiger partial charge in [-0.3, -0.25) is 0 Å². The molecule has 1 aromatic rings. The fourth-order valence-corrected chi connectivity index (χ4v) is 1.80. The quantitative estimate of drug-likeness (QED) is 0.737. The monoisotopic (exact) mass is 227 g/mol. The summed E-state index contributed by atoms with van der Waals surface area (Å²) in [5, 5.41) is 0. The van der Waals surface area contributed by atoms with E-state index in [0.29, 0.717) is 12.1 Å². The number of aromatic nitrogens is 2. The highest BCUT2D eigenvalue weighted by atomic mass is 19.4. The number of nitrogens with zero attached hydrogens (tertiary/aromatic N) is 2. The Morgan fingerprint density at radius 1 is 1.38 bits per heavy atom. The van der Waals surface area contributed by atoms with Crippen LogP contribution in [0.1, 0.15) is 25.0 Å². The largest absolute Gasteiger partial charge is 0.392 e. The van der Waals surface area contributed by atoms with Gasteiger partial charge in [-0.25, -0.2) is 9.97 Å². The van der Waals surface area contributed by atoms with Crippen molar-refractivity contribution in [3.63, 3.8) is 0 Å². The van der Waals surface area contributed by atoms with Gasteiger partial charge >= 0.3 is 6.18 Å². The van der Waals surface area contributed by atoms with Crippen molar-refractivity contribution in [3.8, 4) is 0 Å². The molecule has 2 rings (SSSR count). The van der Waals surface area contributed by atoms with Crippen molar-refractivity contribution in [1.82, 2.24) is 9.97 Å². The van der Waals surface area contributed by atoms with E-state index < -0.39 is 12.1 Å². The summed E-state index contributed by atoms with van der Waals surface area (Å²) < 4.78 is 37.2. The summed E-state index contributed by atoms with van der Waals surface area (Å²) in [6.45, 7) is 0. The van der Waals surface area contributed by atoms with E-state index in [1.165, 1.54) is 6.33 Å². The van der Waals surface area contributed by atoms with E-state index in [0.717, 1.165) is 5.57 Å². The van der Waals surface area contributed by atoms with Crippen molar-refractivity contribution in [1.29, 1.82) is 0 Å². The van der Waals surface area contributed by atoms with Gasteiger partial charge in [0.2, 0.25) is 0 Å². The lowest BCUT2D eigenvalue weighted by molar-refractivity contribution is -0.175. The predicted molar refractivity (Wildman–Crippen MR) is 52.2 cm³/mol. The Bertz CT molecular complexity index is 384. The molecule has 1 aliphatic rings. The van der Waals surface area contributed by atoms with Crippen molar-refractivity contribution in [2.75, 3.05) is 0 Å². The van der Waals surface area contributed by atoms with Gasteiger partial charge in [0.15, 0.2) is 0 Å². The van der Waals surface area contributed by atoms with Crippen LogP contribution in [0.3, 0.4) is 0 Å². The zero-order chi connectivity index (χ0) is 11.6. The average molecular weight is 227 g/mol. The Morgan fingerprint density at radius 3 is 2.69 bits per heavy atom. The van der Waals surface area contributed by atoms with Crippen LogP contribution < -0.4 is 0 Å². The molecule has 0 bridgehead atoms. The molecule has 0 spiro atoms. The third-order valence-corrected chi connectivity index (χ3v) is 2.73. The van der Waals surface area contributed by atoms with E-state index in [4.69, 9.17) is 0 Å². The fraction of sp³-hybridized carbons (Fsp3) is 0.455. The van der Waals surface area contributed by atoms with Crippen LogP contribution >= 0.6 is 0 Å². The molecular formula is C11H10F3N2. The normalized spacial score (nSPS) is 21.7. The van der Waals surface area contributed by atoms with Gasteiger partial charge in [-0.1, -0.05) is 6.08 Å². The summed E-state index contributed by atoms with van der Waals surface area (Å²) in [6, 6.07) is 1.60. The van der Waals surface area contributed by atoms with Crippen molar-refractivity contribution in [2.24, 2.45) is 5.92 Å². The zero-order valence-electron chi connectivity index (χ0n) is 8.46. The molecule has 1 heterocycles. The third kappa shape index (κ3) is 2.40. The topological polar surface area (TPSA) is 25.8 Å². The SMILES string of the molecule is FC(F)(F)C1CC=C(c2c[c]ncn2)CC1. The van der Waals surface area contributed by atoms with E-state index in [-0.39, 0.29) is 12.8 Å². The molecule has 0 saturated heterocycles. The molecule has 1 radical (unpaired) electrons. The van der Waals surface area contributed by atoms with Crippen LogP contribution in [0.4, 0.5) is 13.2 Å². The molecule has 0 N–H and O–H groups in total. The predicted octanol–water partition coefficient (Wildman–Crippen LogP) is 3.02. The lowest BCUT2D eigenvalue weighted by Gasteiger charge is -2.23. The van der Waals surface area contributed by atoms with Crippen LogP contribution in [-0.2, 0) is 0 Å². The molecule has 1 aliphatic carbocycles. The summed E-state index contributed by atoms with van der Waals surface area (Å²) in [6.07, 6.45) is 2.11. The number of allylic oxidation sites excluding steroid dienone is 2. The second-order valence-corrected chi connectivity index (χ2v) is 3.77. The lowest BCUT2D eigenvalue weighted by Crippen LogP contribution is -2.24. The fourth-order valence-electron chi connectivity index (χ4n) is 1.80. The van der Waals surface area contributed by atoms with Gasteiger partial charge in [-0.2, -0.15) is 13.2 Å². The third-order valence-electron chi connectivity index (χ3n) is 2.73. The van der Waals surface area contributed by atoms with Crippen LogP contribution in [0.5, 0.6) is 0 Å². The Labute approximate surface area is 91.2 Å². The maximum absolute atomic E-state index is 12.4. The maximum atomic E-state index is 12.4. The van der Waals surface area contributed by atoms with Gasteiger partial charge in [-0.05, 0) is 30.9 Å². The van der Waals surface area contributed by atoms with E-state index in [2.05, 4.69) is 16.2 Å². The van der Waals surface area contributed by atoms with Crippen LogP contribution in [0.15, 0.2) is 18.5 Å². The highest BCUT2D eigenvalue weighted by Crippen LogP contribution is 2.38. The van der Waals surface area contributed by atoms with Crippen molar-refractivity contribution >= 4 is 5.57 Å². The van der Waals surface area contributed by atoms with Crippen molar-refractivity contribution in [2.45, 2.75) is 25.4 Å². The molecule has 1 aromatic heterocycles. The van der Waals surface area contributed by atoms with Crippen molar-refractivity contribution < 1.29 is 13.2 Å². The highest BCUT2D eigenvalue weighted by molar-refractivity contribution is 5.62. The first-order valence-corrected chi connectivity index (χ1v) is 5.01. The first-order valence-electron chi connectivity index (χ1n) is 5.01. The minimum Gasteiger partial charge on any atom is -0.237 e. The van der Waals surface area contributed by atoms with E-state index in [1.807, 2.05) is 0 Å². The average Bonchev–Trinajstić information content (AvgIpc) is 2.29. The summed E-state index contributed by atoms with van der Waals surface area (Å²) in [7, 11) is 0. The van der Waals surface area contributed by atoms with E-state index in [9.17, 15) is 13.2 Å². The summed E-state index contributed by atoms with van der Waals surface area (Å²) in [5.74, 6) is -1.21. The Kier molecular flexibility index (Phi) is 2.94. The van der Waals surface area contributed by atoms with Gasteiger partial charge in [0.25, 0.3) is 0 Å². The molecule has 2 nitrogen and oxygen atoms in total.